The fourth-order valence-electron chi connectivity index (χ4n) is 4.14. The monoisotopic (exact) mass is 387 g/mol. The van der Waals surface area contributed by atoms with Crippen molar-refractivity contribution in [3.05, 3.63) is 40.9 Å². The van der Waals surface area contributed by atoms with Crippen molar-refractivity contribution >= 4 is 17.5 Å². The van der Waals surface area contributed by atoms with Crippen LogP contribution in [0, 0.1) is 5.41 Å². The highest BCUT2D eigenvalue weighted by Gasteiger charge is 2.39. The third kappa shape index (κ3) is 3.48. The minimum atomic E-state index is -0.0801. The molecule has 0 bridgehead atoms. The molecule has 2 saturated heterocycles. The molecule has 1 amide bonds. The number of para-hydroxylation sites is 1. The highest BCUT2D eigenvalue weighted by Crippen LogP contribution is 2.37. The molecule has 2 aliphatic heterocycles. The minimum absolute atomic E-state index is 0.0801. The summed E-state index contributed by atoms with van der Waals surface area (Å²) in [7, 11) is 0. The molecule has 3 heterocycles. The summed E-state index contributed by atoms with van der Waals surface area (Å²) in [6, 6.07) is 7.51. The minimum Gasteiger partial charge on any atom is -0.336 e. The molecule has 2 aromatic rings. The quantitative estimate of drug-likeness (QED) is 0.878. The topological polar surface area (TPSA) is 63.1 Å². The van der Waals surface area contributed by atoms with Crippen LogP contribution >= 0.6 is 11.6 Å². The van der Waals surface area contributed by atoms with Gasteiger partial charge in [0.1, 0.15) is 5.82 Å². The summed E-state index contributed by atoms with van der Waals surface area (Å²) in [4.78, 5) is 19.5. The van der Waals surface area contributed by atoms with Crippen LogP contribution in [0.1, 0.15) is 55.5 Å². The van der Waals surface area contributed by atoms with E-state index in [2.05, 4.69) is 15.4 Å². The lowest BCUT2D eigenvalue weighted by atomic mass is 9.78. The Hall–Kier alpha value is -1.92. The number of hydrogen-bond donors (Lipinski definition) is 1. The number of benzene rings is 1. The van der Waals surface area contributed by atoms with Crippen LogP contribution in [0.25, 0.3) is 5.69 Å². The first-order chi connectivity index (χ1) is 13.0. The Kier molecular flexibility index (Phi) is 4.95. The molecule has 1 aromatic carbocycles. The third-order valence-electron chi connectivity index (χ3n) is 5.86. The van der Waals surface area contributed by atoms with Gasteiger partial charge in [-0.05, 0) is 43.4 Å². The summed E-state index contributed by atoms with van der Waals surface area (Å²) in [6.07, 6.45) is 3.31. The van der Waals surface area contributed by atoms with E-state index in [-0.39, 0.29) is 17.6 Å². The number of carbonyl (C=O) groups is 1. The number of amides is 1. The van der Waals surface area contributed by atoms with Gasteiger partial charge in [0, 0.05) is 25.6 Å². The Morgan fingerprint density at radius 3 is 2.59 bits per heavy atom. The van der Waals surface area contributed by atoms with Crippen LogP contribution < -0.4 is 5.32 Å². The van der Waals surface area contributed by atoms with Crippen molar-refractivity contribution in [1.29, 1.82) is 0 Å². The maximum atomic E-state index is 13.0. The standard InChI is InChI=1S/C20H26ClN5O/c1-14(2)18-23-17(24-26(18)16-6-4-3-5-15(16)21)19(27)25-11-8-20(9-12-25)7-10-22-13-20/h3-6,14,22H,7-13H2,1-2H3. The molecule has 4 rings (SSSR count). The van der Waals surface area contributed by atoms with Crippen LogP contribution in [-0.4, -0.2) is 51.8 Å². The number of piperidine rings is 1. The van der Waals surface area contributed by atoms with E-state index in [4.69, 9.17) is 11.6 Å². The Morgan fingerprint density at radius 2 is 1.96 bits per heavy atom. The number of likely N-dealkylation sites (tertiary alicyclic amines) is 1. The highest BCUT2D eigenvalue weighted by molar-refractivity contribution is 6.32. The van der Waals surface area contributed by atoms with Gasteiger partial charge in [0.2, 0.25) is 5.82 Å². The van der Waals surface area contributed by atoms with Crippen LogP contribution in [0.15, 0.2) is 24.3 Å². The largest absolute Gasteiger partial charge is 0.336 e. The summed E-state index contributed by atoms with van der Waals surface area (Å²) in [5.41, 5.74) is 1.13. The van der Waals surface area contributed by atoms with E-state index in [1.54, 1.807) is 4.68 Å². The van der Waals surface area contributed by atoms with Gasteiger partial charge < -0.3 is 10.2 Å². The predicted octanol–water partition coefficient (Wildman–Crippen LogP) is 3.26. The van der Waals surface area contributed by atoms with E-state index in [0.29, 0.717) is 10.4 Å². The lowest BCUT2D eigenvalue weighted by Crippen LogP contribution is -2.44. The van der Waals surface area contributed by atoms with Gasteiger partial charge in [-0.1, -0.05) is 37.6 Å². The molecule has 27 heavy (non-hydrogen) atoms. The fraction of sp³-hybridized carbons (Fsp3) is 0.550. The Bertz CT molecular complexity index is 831. The van der Waals surface area contributed by atoms with E-state index in [1.807, 2.05) is 43.0 Å². The molecule has 144 valence electrons. The first-order valence-corrected chi connectivity index (χ1v) is 10.1. The second-order valence-electron chi connectivity index (χ2n) is 8.03. The lowest BCUT2D eigenvalue weighted by Gasteiger charge is -2.38. The second-order valence-corrected chi connectivity index (χ2v) is 8.44. The molecule has 0 unspecified atom stereocenters. The normalized spacial score (nSPS) is 19.2. The number of nitrogens with zero attached hydrogens (tertiary/aromatic N) is 4. The number of halogens is 1. The van der Waals surface area contributed by atoms with Crippen molar-refractivity contribution in [2.24, 2.45) is 5.41 Å². The Morgan fingerprint density at radius 1 is 1.22 bits per heavy atom. The van der Waals surface area contributed by atoms with E-state index < -0.39 is 0 Å². The van der Waals surface area contributed by atoms with Crippen LogP contribution in [0.2, 0.25) is 5.02 Å². The summed E-state index contributed by atoms with van der Waals surface area (Å²) in [5, 5.41) is 8.60. The van der Waals surface area contributed by atoms with Gasteiger partial charge in [0.05, 0.1) is 10.7 Å². The first-order valence-electron chi connectivity index (χ1n) is 9.71. The van der Waals surface area contributed by atoms with Crippen LogP contribution in [0.4, 0.5) is 0 Å². The molecule has 0 atom stereocenters. The van der Waals surface area contributed by atoms with Gasteiger partial charge in [-0.15, -0.1) is 5.10 Å². The molecule has 7 heteroatoms. The molecule has 0 radical (unpaired) electrons. The first kappa shape index (κ1) is 18.4. The molecule has 1 spiro atoms. The number of hydrogen-bond acceptors (Lipinski definition) is 4. The third-order valence-corrected chi connectivity index (χ3v) is 6.18. The van der Waals surface area contributed by atoms with Gasteiger partial charge in [-0.3, -0.25) is 4.79 Å². The molecule has 6 nitrogen and oxygen atoms in total. The summed E-state index contributed by atoms with van der Waals surface area (Å²) in [6.45, 7) is 7.81. The number of carbonyl (C=O) groups excluding carboxylic acids is 1. The van der Waals surface area contributed by atoms with Gasteiger partial charge in [-0.25, -0.2) is 9.67 Å². The maximum Gasteiger partial charge on any atom is 0.293 e. The van der Waals surface area contributed by atoms with Gasteiger partial charge in [0.15, 0.2) is 0 Å². The smallest absolute Gasteiger partial charge is 0.293 e. The van der Waals surface area contributed by atoms with E-state index in [0.717, 1.165) is 50.5 Å². The SMILES string of the molecule is CC(C)c1nc(C(=O)N2CCC3(CCNC3)CC2)nn1-c1ccccc1Cl. The second kappa shape index (κ2) is 7.24. The predicted molar refractivity (Wildman–Crippen MR) is 106 cm³/mol. The highest BCUT2D eigenvalue weighted by atomic mass is 35.5. The van der Waals surface area contributed by atoms with E-state index in [1.165, 1.54) is 6.42 Å². The molecule has 0 saturated carbocycles. The zero-order valence-electron chi connectivity index (χ0n) is 15.9. The summed E-state index contributed by atoms with van der Waals surface area (Å²) in [5.74, 6) is 1.06. The summed E-state index contributed by atoms with van der Waals surface area (Å²) >= 11 is 6.35. The maximum absolute atomic E-state index is 13.0. The molecule has 2 fully saturated rings. The fourth-order valence-corrected chi connectivity index (χ4v) is 4.35. The Balaban J connectivity index is 1.58. The summed E-state index contributed by atoms with van der Waals surface area (Å²) < 4.78 is 1.71. The molecule has 0 aliphatic carbocycles. The van der Waals surface area contributed by atoms with Crippen LogP contribution in [-0.2, 0) is 0 Å². The molecule has 2 aliphatic rings. The molecule has 1 N–H and O–H groups in total. The molecule has 1 aromatic heterocycles. The van der Waals surface area contributed by atoms with E-state index >= 15 is 0 Å². The Labute approximate surface area is 164 Å². The molecular weight excluding hydrogens is 362 g/mol. The zero-order chi connectivity index (χ0) is 19.0. The number of aromatic nitrogens is 3. The lowest BCUT2D eigenvalue weighted by molar-refractivity contribution is 0.0596. The van der Waals surface area contributed by atoms with Crippen molar-refractivity contribution < 1.29 is 4.79 Å². The van der Waals surface area contributed by atoms with Crippen molar-refractivity contribution in [3.63, 3.8) is 0 Å². The average molecular weight is 388 g/mol. The van der Waals surface area contributed by atoms with Crippen LogP contribution in [0.5, 0.6) is 0 Å². The van der Waals surface area contributed by atoms with Crippen molar-refractivity contribution in [3.8, 4) is 5.69 Å². The van der Waals surface area contributed by atoms with E-state index in [9.17, 15) is 4.79 Å². The van der Waals surface area contributed by atoms with Crippen molar-refractivity contribution in [2.45, 2.75) is 39.0 Å². The number of nitrogens with one attached hydrogen (secondary N) is 1. The zero-order valence-corrected chi connectivity index (χ0v) is 16.7. The van der Waals surface area contributed by atoms with Crippen LogP contribution in [0.3, 0.4) is 0 Å². The molecular formula is C20H26ClN5O. The van der Waals surface area contributed by atoms with Gasteiger partial charge in [-0.2, -0.15) is 0 Å². The average Bonchev–Trinajstić information content (AvgIpc) is 3.30. The van der Waals surface area contributed by atoms with Gasteiger partial charge in [0.25, 0.3) is 5.91 Å². The van der Waals surface area contributed by atoms with Gasteiger partial charge >= 0.3 is 0 Å². The van der Waals surface area contributed by atoms with Crippen molar-refractivity contribution in [2.75, 3.05) is 26.2 Å². The number of rotatable bonds is 3. The van der Waals surface area contributed by atoms with Crippen molar-refractivity contribution in [1.82, 2.24) is 25.0 Å².